The zero-order valence-corrected chi connectivity index (χ0v) is 15.2. The smallest absolute Gasteiger partial charge is 0.331 e. The van der Waals surface area contributed by atoms with Crippen LogP contribution in [0.1, 0.15) is 11.3 Å². The van der Waals surface area contributed by atoms with E-state index in [1.165, 1.54) is 42.7 Å². The molecule has 5 nitrogen and oxygen atoms in total. The van der Waals surface area contributed by atoms with Crippen LogP contribution in [0.15, 0.2) is 53.9 Å². The van der Waals surface area contributed by atoms with Gasteiger partial charge in [0.15, 0.2) is 11.5 Å². The molecule has 1 heterocycles. The SMILES string of the molecule is COc1cc(/C=C/C(=O)OCc2csc(-c3ccc(F)cc3)n2)ccc1O. The van der Waals surface area contributed by atoms with E-state index in [4.69, 9.17) is 9.47 Å². The van der Waals surface area contributed by atoms with Gasteiger partial charge < -0.3 is 14.6 Å². The molecule has 0 radical (unpaired) electrons. The number of carbonyl (C=O) groups excluding carboxylic acids is 1. The maximum absolute atomic E-state index is 13.0. The summed E-state index contributed by atoms with van der Waals surface area (Å²) in [5.41, 5.74) is 2.11. The number of hydrogen-bond donors (Lipinski definition) is 1. The molecule has 0 amide bonds. The minimum atomic E-state index is -0.515. The summed E-state index contributed by atoms with van der Waals surface area (Å²) in [5.74, 6) is -0.472. The van der Waals surface area contributed by atoms with Gasteiger partial charge in [-0.25, -0.2) is 14.2 Å². The maximum atomic E-state index is 13.0. The third kappa shape index (κ3) is 4.92. The molecule has 0 atom stereocenters. The van der Waals surface area contributed by atoms with Crippen LogP contribution >= 0.6 is 11.3 Å². The number of benzene rings is 2. The lowest BCUT2D eigenvalue weighted by Crippen LogP contribution is -2.01. The number of esters is 1. The molecule has 7 heteroatoms. The Hall–Kier alpha value is -3.19. The number of phenols is 1. The largest absolute Gasteiger partial charge is 0.504 e. The van der Waals surface area contributed by atoms with E-state index in [9.17, 15) is 14.3 Å². The summed E-state index contributed by atoms with van der Waals surface area (Å²) in [6.07, 6.45) is 2.86. The predicted octanol–water partition coefficient (Wildman–Crippen LogP) is 4.42. The highest BCUT2D eigenvalue weighted by Crippen LogP contribution is 2.27. The fraction of sp³-hybridized carbons (Fsp3) is 0.100. The van der Waals surface area contributed by atoms with Gasteiger partial charge in [0.2, 0.25) is 0 Å². The van der Waals surface area contributed by atoms with Gasteiger partial charge in [0.25, 0.3) is 0 Å². The Labute approximate surface area is 159 Å². The minimum absolute atomic E-state index is 0.0257. The Kier molecular flexibility index (Phi) is 5.83. The number of aromatic hydroxyl groups is 1. The molecule has 2 aromatic carbocycles. The van der Waals surface area contributed by atoms with Gasteiger partial charge in [0.1, 0.15) is 17.4 Å². The highest BCUT2D eigenvalue weighted by Gasteiger charge is 2.07. The van der Waals surface area contributed by atoms with Gasteiger partial charge >= 0.3 is 5.97 Å². The molecule has 3 rings (SSSR count). The number of aromatic nitrogens is 1. The van der Waals surface area contributed by atoms with Gasteiger partial charge in [-0.05, 0) is 48.0 Å². The summed E-state index contributed by atoms with van der Waals surface area (Å²) < 4.78 is 23.2. The van der Waals surface area contributed by atoms with Crippen molar-refractivity contribution in [2.24, 2.45) is 0 Å². The summed E-state index contributed by atoms with van der Waals surface area (Å²) in [6.45, 7) is 0.0414. The van der Waals surface area contributed by atoms with E-state index in [-0.39, 0.29) is 18.2 Å². The summed E-state index contributed by atoms with van der Waals surface area (Å²) in [5, 5.41) is 12.1. The van der Waals surface area contributed by atoms with Gasteiger partial charge in [0.05, 0.1) is 12.8 Å². The lowest BCUT2D eigenvalue weighted by Gasteiger charge is -2.03. The fourth-order valence-corrected chi connectivity index (χ4v) is 3.06. The monoisotopic (exact) mass is 385 g/mol. The second-order valence-corrected chi connectivity index (χ2v) is 6.38. The van der Waals surface area contributed by atoms with Crippen molar-refractivity contribution in [2.45, 2.75) is 6.61 Å². The first-order valence-electron chi connectivity index (χ1n) is 7.97. The van der Waals surface area contributed by atoms with Crippen molar-refractivity contribution >= 4 is 23.4 Å². The molecule has 0 fully saturated rings. The number of halogens is 1. The number of hydrogen-bond acceptors (Lipinski definition) is 6. The zero-order valence-electron chi connectivity index (χ0n) is 14.4. The van der Waals surface area contributed by atoms with Crippen LogP contribution < -0.4 is 4.74 Å². The number of nitrogens with zero attached hydrogens (tertiary/aromatic N) is 1. The molecule has 27 heavy (non-hydrogen) atoms. The summed E-state index contributed by atoms with van der Waals surface area (Å²) >= 11 is 1.40. The molecule has 3 aromatic rings. The van der Waals surface area contributed by atoms with Crippen LogP contribution in [0.3, 0.4) is 0 Å². The van der Waals surface area contributed by atoms with Crippen molar-refractivity contribution in [3.05, 3.63) is 71.0 Å². The van der Waals surface area contributed by atoms with Gasteiger partial charge in [0, 0.05) is 17.0 Å². The minimum Gasteiger partial charge on any atom is -0.504 e. The van der Waals surface area contributed by atoms with Crippen molar-refractivity contribution in [2.75, 3.05) is 7.11 Å². The van der Waals surface area contributed by atoms with Crippen LogP contribution in [0.4, 0.5) is 4.39 Å². The number of methoxy groups -OCH3 is 1. The molecule has 0 spiro atoms. The summed E-state index contributed by atoms with van der Waals surface area (Å²) in [7, 11) is 1.45. The first-order chi connectivity index (χ1) is 13.0. The first kappa shape index (κ1) is 18.6. The van der Waals surface area contributed by atoms with Gasteiger partial charge in [-0.15, -0.1) is 11.3 Å². The molecule has 138 valence electrons. The quantitative estimate of drug-likeness (QED) is 0.502. The third-order valence-electron chi connectivity index (χ3n) is 3.62. The molecule has 0 saturated carbocycles. The van der Waals surface area contributed by atoms with Gasteiger partial charge in [-0.2, -0.15) is 0 Å². The molecule has 0 aliphatic carbocycles. The van der Waals surface area contributed by atoms with E-state index >= 15 is 0 Å². The van der Waals surface area contributed by atoms with Gasteiger partial charge in [-0.3, -0.25) is 0 Å². The second-order valence-electron chi connectivity index (χ2n) is 5.52. The van der Waals surface area contributed by atoms with E-state index in [0.717, 1.165) is 10.6 Å². The zero-order chi connectivity index (χ0) is 19.2. The van der Waals surface area contributed by atoms with Gasteiger partial charge in [-0.1, -0.05) is 6.07 Å². The van der Waals surface area contributed by atoms with Crippen molar-refractivity contribution in [1.29, 1.82) is 0 Å². The van der Waals surface area contributed by atoms with Crippen LogP contribution in [0.25, 0.3) is 16.6 Å². The Morgan fingerprint density at radius 3 is 2.78 bits per heavy atom. The Morgan fingerprint density at radius 2 is 2.04 bits per heavy atom. The molecule has 1 aromatic heterocycles. The van der Waals surface area contributed by atoms with Crippen molar-refractivity contribution in [1.82, 2.24) is 4.98 Å². The number of rotatable bonds is 6. The van der Waals surface area contributed by atoms with Crippen LogP contribution in [-0.4, -0.2) is 23.2 Å². The molecule has 0 aliphatic heterocycles. The molecular weight excluding hydrogens is 369 g/mol. The van der Waals surface area contributed by atoms with Crippen LogP contribution in [0, 0.1) is 5.82 Å². The van der Waals surface area contributed by atoms with Crippen LogP contribution in [0.2, 0.25) is 0 Å². The van der Waals surface area contributed by atoms with Crippen LogP contribution in [-0.2, 0) is 16.1 Å². The molecule has 1 N–H and O–H groups in total. The lowest BCUT2D eigenvalue weighted by molar-refractivity contribution is -0.139. The highest BCUT2D eigenvalue weighted by atomic mass is 32.1. The highest BCUT2D eigenvalue weighted by molar-refractivity contribution is 7.13. The molecule has 0 bridgehead atoms. The molecular formula is C20H16FNO4S. The fourth-order valence-electron chi connectivity index (χ4n) is 2.25. The van der Waals surface area contributed by atoms with Crippen molar-refractivity contribution in [3.8, 4) is 22.1 Å². The van der Waals surface area contributed by atoms with Crippen molar-refractivity contribution in [3.63, 3.8) is 0 Å². The third-order valence-corrected chi connectivity index (χ3v) is 4.56. The van der Waals surface area contributed by atoms with E-state index in [1.54, 1.807) is 35.7 Å². The van der Waals surface area contributed by atoms with E-state index in [0.29, 0.717) is 17.0 Å². The predicted molar refractivity (Wildman–Crippen MR) is 101 cm³/mol. The summed E-state index contributed by atoms with van der Waals surface area (Å²) in [4.78, 5) is 16.3. The molecule has 0 aliphatic rings. The van der Waals surface area contributed by atoms with E-state index in [1.807, 2.05) is 0 Å². The second kappa shape index (κ2) is 8.46. The van der Waals surface area contributed by atoms with E-state index in [2.05, 4.69) is 4.98 Å². The molecule has 0 unspecified atom stereocenters. The number of carbonyl (C=O) groups is 1. The Bertz CT molecular complexity index is 966. The van der Waals surface area contributed by atoms with Crippen molar-refractivity contribution < 1.29 is 23.8 Å². The van der Waals surface area contributed by atoms with E-state index < -0.39 is 5.97 Å². The lowest BCUT2D eigenvalue weighted by atomic mass is 10.2. The average molecular weight is 385 g/mol. The Morgan fingerprint density at radius 1 is 1.26 bits per heavy atom. The maximum Gasteiger partial charge on any atom is 0.331 e. The average Bonchev–Trinajstić information content (AvgIpc) is 3.15. The van der Waals surface area contributed by atoms with Crippen LogP contribution in [0.5, 0.6) is 11.5 Å². The normalized spacial score (nSPS) is 10.9. The first-order valence-corrected chi connectivity index (χ1v) is 8.85. The summed E-state index contributed by atoms with van der Waals surface area (Å²) in [6, 6.07) is 10.8. The standard InChI is InChI=1S/C20H16FNO4S/c1-25-18-10-13(2-8-17(18)23)3-9-19(24)26-11-16-12-27-20(22-16)14-4-6-15(21)7-5-14/h2-10,12,23H,11H2,1H3/b9-3+. The number of phenolic OH excluding ortho intramolecular Hbond substituents is 1. The number of thiazole rings is 1. The topological polar surface area (TPSA) is 68.7 Å². The Balaban J connectivity index is 1.57. The molecule has 0 saturated heterocycles. The number of ether oxygens (including phenoxy) is 2.